The Hall–Kier alpha value is -1.95. The molecule has 0 atom stereocenters. The lowest BCUT2D eigenvalue weighted by atomic mass is 9.89. The van der Waals surface area contributed by atoms with Gasteiger partial charge in [-0.3, -0.25) is 4.79 Å². The Bertz CT molecular complexity index is 741. The van der Waals surface area contributed by atoms with E-state index in [0.29, 0.717) is 23.7 Å². The minimum Gasteiger partial charge on any atom is -0.351 e. The predicted molar refractivity (Wildman–Crippen MR) is 93.2 cm³/mol. The minimum atomic E-state index is -0.0853. The molecule has 6 heteroatoms. The van der Waals surface area contributed by atoms with Gasteiger partial charge in [-0.2, -0.15) is 0 Å². The van der Waals surface area contributed by atoms with Gasteiger partial charge in [0.05, 0.1) is 16.6 Å². The Labute approximate surface area is 142 Å². The highest BCUT2D eigenvalue weighted by molar-refractivity contribution is 6.06. The van der Waals surface area contributed by atoms with Gasteiger partial charge in [0.25, 0.3) is 11.6 Å². The number of rotatable bonds is 6. The fourth-order valence-electron chi connectivity index (χ4n) is 2.82. The van der Waals surface area contributed by atoms with E-state index >= 15 is 0 Å². The van der Waals surface area contributed by atoms with Gasteiger partial charge in [0, 0.05) is 24.7 Å². The van der Waals surface area contributed by atoms with E-state index in [0.717, 1.165) is 42.6 Å². The molecule has 2 heterocycles. The van der Waals surface area contributed by atoms with Gasteiger partial charge in [-0.05, 0) is 37.8 Å². The number of aromatic nitrogens is 2. The second-order valence-corrected chi connectivity index (χ2v) is 7.78. The van der Waals surface area contributed by atoms with Crippen molar-refractivity contribution in [3.63, 3.8) is 0 Å². The molecule has 3 rings (SSSR count). The van der Waals surface area contributed by atoms with E-state index in [1.54, 1.807) is 0 Å². The molecule has 2 aromatic rings. The molecule has 1 aliphatic carbocycles. The van der Waals surface area contributed by atoms with Crippen LogP contribution < -0.4 is 10.6 Å². The van der Waals surface area contributed by atoms with Crippen LogP contribution in [0.1, 0.15) is 61.3 Å². The summed E-state index contributed by atoms with van der Waals surface area (Å²) in [7, 11) is 1.86. The molecule has 130 valence electrons. The van der Waals surface area contributed by atoms with E-state index in [1.807, 2.05) is 13.1 Å². The topological polar surface area (TPSA) is 80.0 Å². The van der Waals surface area contributed by atoms with Gasteiger partial charge in [-0.25, -0.2) is 4.98 Å². The van der Waals surface area contributed by atoms with Gasteiger partial charge in [-0.15, -0.1) is 0 Å². The molecule has 1 fully saturated rings. The van der Waals surface area contributed by atoms with Crippen molar-refractivity contribution < 1.29 is 9.32 Å². The van der Waals surface area contributed by atoms with Crippen LogP contribution in [0.2, 0.25) is 0 Å². The van der Waals surface area contributed by atoms with Gasteiger partial charge in [0.15, 0.2) is 0 Å². The van der Waals surface area contributed by atoms with E-state index in [9.17, 15) is 4.79 Å². The highest BCUT2D eigenvalue weighted by atomic mass is 16.5. The molecule has 0 spiro atoms. The zero-order valence-electron chi connectivity index (χ0n) is 14.9. The molecule has 0 unspecified atom stereocenters. The summed E-state index contributed by atoms with van der Waals surface area (Å²) in [6.45, 7) is 7.75. The van der Waals surface area contributed by atoms with Crippen LogP contribution in [-0.4, -0.2) is 36.2 Å². The smallest absolute Gasteiger partial charge is 0.259 e. The lowest BCUT2D eigenvalue weighted by molar-refractivity contribution is 0.0955. The SMILES string of the molecule is CNCCNC(=O)c1cc(C2CC2)nc2onc(CC(C)(C)C)c12. The molecule has 24 heavy (non-hydrogen) atoms. The van der Waals surface area contributed by atoms with Gasteiger partial charge < -0.3 is 15.2 Å². The van der Waals surface area contributed by atoms with Crippen LogP contribution in [0.15, 0.2) is 10.6 Å². The maximum atomic E-state index is 12.7. The Morgan fingerprint density at radius 3 is 2.71 bits per heavy atom. The highest BCUT2D eigenvalue weighted by Gasteiger charge is 2.29. The maximum Gasteiger partial charge on any atom is 0.259 e. The standard InChI is InChI=1S/C18H26N4O2/c1-18(2,3)10-14-15-12(16(23)20-8-7-19-4)9-13(11-5-6-11)21-17(15)24-22-14/h9,11,19H,5-8,10H2,1-4H3,(H,20,23). The largest absolute Gasteiger partial charge is 0.351 e. The number of nitrogens with one attached hydrogen (secondary N) is 2. The first-order valence-corrected chi connectivity index (χ1v) is 8.61. The van der Waals surface area contributed by atoms with Crippen LogP contribution in [0, 0.1) is 5.41 Å². The van der Waals surface area contributed by atoms with Gasteiger partial charge in [-0.1, -0.05) is 25.9 Å². The Morgan fingerprint density at radius 2 is 2.08 bits per heavy atom. The second-order valence-electron chi connectivity index (χ2n) is 7.78. The van der Waals surface area contributed by atoms with Crippen LogP contribution in [0.4, 0.5) is 0 Å². The zero-order chi connectivity index (χ0) is 17.3. The fraction of sp³-hybridized carbons (Fsp3) is 0.611. The normalized spacial score (nSPS) is 15.0. The molecule has 2 N–H and O–H groups in total. The summed E-state index contributed by atoms with van der Waals surface area (Å²) < 4.78 is 5.48. The number of fused-ring (bicyclic) bond motifs is 1. The van der Waals surface area contributed by atoms with Crippen LogP contribution in [0.3, 0.4) is 0 Å². The molecule has 0 radical (unpaired) electrons. The van der Waals surface area contributed by atoms with E-state index in [-0.39, 0.29) is 11.3 Å². The summed E-state index contributed by atoms with van der Waals surface area (Å²) in [5.74, 6) is 0.368. The number of hydrogen-bond donors (Lipinski definition) is 2. The fourth-order valence-corrected chi connectivity index (χ4v) is 2.82. The molecule has 0 aliphatic heterocycles. The first-order chi connectivity index (χ1) is 11.4. The summed E-state index contributed by atoms with van der Waals surface area (Å²) in [5.41, 5.74) is 2.93. The van der Waals surface area contributed by atoms with Crippen molar-refractivity contribution in [1.82, 2.24) is 20.8 Å². The predicted octanol–water partition coefficient (Wildman–Crippen LogP) is 2.64. The summed E-state index contributed by atoms with van der Waals surface area (Å²) in [5, 5.41) is 11.0. The molecule has 2 aromatic heterocycles. The van der Waals surface area contributed by atoms with Gasteiger partial charge in [0.2, 0.25) is 0 Å². The molecule has 1 amide bonds. The summed E-state index contributed by atoms with van der Waals surface area (Å²) in [6.07, 6.45) is 2.99. The minimum absolute atomic E-state index is 0.0544. The molecule has 0 bridgehead atoms. The number of carbonyl (C=O) groups is 1. The highest BCUT2D eigenvalue weighted by Crippen LogP contribution is 2.40. The summed E-state index contributed by atoms with van der Waals surface area (Å²) in [6, 6.07) is 1.93. The van der Waals surface area contributed by atoms with Crippen molar-refractivity contribution in [3.8, 4) is 0 Å². The lowest BCUT2D eigenvalue weighted by Gasteiger charge is -2.16. The molecule has 6 nitrogen and oxygen atoms in total. The molecule has 1 aliphatic rings. The van der Waals surface area contributed by atoms with Crippen molar-refractivity contribution in [2.24, 2.45) is 5.41 Å². The average molecular weight is 330 g/mol. The van der Waals surface area contributed by atoms with Crippen molar-refractivity contribution in [1.29, 1.82) is 0 Å². The second kappa shape index (κ2) is 6.51. The Kier molecular flexibility index (Phi) is 4.58. The zero-order valence-corrected chi connectivity index (χ0v) is 14.9. The van der Waals surface area contributed by atoms with Crippen LogP contribution in [0.25, 0.3) is 11.1 Å². The Balaban J connectivity index is 2.01. The van der Waals surface area contributed by atoms with Crippen molar-refractivity contribution in [2.75, 3.05) is 20.1 Å². The number of pyridine rings is 1. The summed E-state index contributed by atoms with van der Waals surface area (Å²) >= 11 is 0. The van der Waals surface area contributed by atoms with E-state index in [1.165, 1.54) is 0 Å². The molecular formula is C18H26N4O2. The van der Waals surface area contributed by atoms with Crippen molar-refractivity contribution >= 4 is 17.0 Å². The molecular weight excluding hydrogens is 304 g/mol. The van der Waals surface area contributed by atoms with Crippen molar-refractivity contribution in [2.45, 2.75) is 46.0 Å². The number of carbonyl (C=O) groups excluding carboxylic acids is 1. The first-order valence-electron chi connectivity index (χ1n) is 8.61. The number of amides is 1. The number of nitrogens with zero attached hydrogens (tertiary/aromatic N) is 2. The van der Waals surface area contributed by atoms with Crippen LogP contribution in [-0.2, 0) is 6.42 Å². The molecule has 0 saturated heterocycles. The number of likely N-dealkylation sites (N-methyl/N-ethyl adjacent to an activating group) is 1. The maximum absolute atomic E-state index is 12.7. The Morgan fingerprint density at radius 1 is 1.33 bits per heavy atom. The van der Waals surface area contributed by atoms with Crippen molar-refractivity contribution in [3.05, 3.63) is 23.0 Å². The van der Waals surface area contributed by atoms with Crippen LogP contribution in [0.5, 0.6) is 0 Å². The van der Waals surface area contributed by atoms with Crippen LogP contribution >= 0.6 is 0 Å². The van der Waals surface area contributed by atoms with E-state index < -0.39 is 0 Å². The average Bonchev–Trinajstić information content (AvgIpc) is 3.29. The molecule has 0 aromatic carbocycles. The van der Waals surface area contributed by atoms with E-state index in [4.69, 9.17) is 4.52 Å². The summed E-state index contributed by atoms with van der Waals surface area (Å²) in [4.78, 5) is 17.3. The number of hydrogen-bond acceptors (Lipinski definition) is 5. The third-order valence-electron chi connectivity index (χ3n) is 4.14. The third kappa shape index (κ3) is 3.75. The van der Waals surface area contributed by atoms with Gasteiger partial charge >= 0.3 is 0 Å². The molecule has 1 saturated carbocycles. The van der Waals surface area contributed by atoms with E-state index in [2.05, 4.69) is 41.5 Å². The third-order valence-corrected chi connectivity index (χ3v) is 4.14. The first kappa shape index (κ1) is 16.9. The monoisotopic (exact) mass is 330 g/mol. The quantitative estimate of drug-likeness (QED) is 0.796. The lowest BCUT2D eigenvalue weighted by Crippen LogP contribution is -2.30. The van der Waals surface area contributed by atoms with Gasteiger partial charge in [0.1, 0.15) is 0 Å².